The molecule has 0 heterocycles. The fraction of sp³-hybridized carbons (Fsp3) is 0.800. The zero-order valence-electron chi connectivity index (χ0n) is 4.96. The van der Waals surface area contributed by atoms with E-state index < -0.39 is 4.87 Å². The largest absolute Gasteiger partial charge is 0.296 e. The number of rotatable bonds is 3. The van der Waals surface area contributed by atoms with E-state index in [1.807, 2.05) is 0 Å². The molecular formula is C5H7Cl3O. The van der Waals surface area contributed by atoms with Crippen LogP contribution in [0.25, 0.3) is 0 Å². The molecule has 0 radical (unpaired) electrons. The highest BCUT2D eigenvalue weighted by Crippen LogP contribution is 2.17. The smallest absolute Gasteiger partial charge is 0.169 e. The average molecular weight is 189 g/mol. The number of hydrogen-bond acceptors (Lipinski definition) is 1. The zero-order valence-corrected chi connectivity index (χ0v) is 7.22. The third kappa shape index (κ3) is 2.74. The molecule has 0 aromatic heterocycles. The van der Waals surface area contributed by atoms with Gasteiger partial charge in [0.1, 0.15) is 4.87 Å². The lowest BCUT2D eigenvalue weighted by Crippen LogP contribution is -2.31. The highest BCUT2D eigenvalue weighted by molar-refractivity contribution is 6.44. The molecular weight excluding hydrogens is 182 g/mol. The van der Waals surface area contributed by atoms with Crippen molar-refractivity contribution >= 4 is 40.6 Å². The fourth-order valence-corrected chi connectivity index (χ4v) is 0.793. The van der Waals surface area contributed by atoms with Crippen LogP contribution in [0.1, 0.15) is 6.92 Å². The second kappa shape index (κ2) is 3.65. The van der Waals surface area contributed by atoms with Crippen molar-refractivity contribution < 1.29 is 4.79 Å². The van der Waals surface area contributed by atoms with Crippen molar-refractivity contribution in [3.63, 3.8) is 0 Å². The van der Waals surface area contributed by atoms with E-state index in [0.717, 1.165) is 0 Å². The van der Waals surface area contributed by atoms with E-state index in [1.165, 1.54) is 0 Å². The van der Waals surface area contributed by atoms with Crippen LogP contribution < -0.4 is 0 Å². The summed E-state index contributed by atoms with van der Waals surface area (Å²) >= 11 is 16.2. The molecule has 0 aliphatic rings. The minimum Gasteiger partial charge on any atom is -0.296 e. The van der Waals surface area contributed by atoms with Crippen LogP contribution in [-0.2, 0) is 4.79 Å². The monoisotopic (exact) mass is 188 g/mol. The molecule has 4 heteroatoms. The molecule has 1 nitrogen and oxygen atoms in total. The lowest BCUT2D eigenvalue weighted by molar-refractivity contribution is -0.118. The van der Waals surface area contributed by atoms with Crippen molar-refractivity contribution in [2.75, 3.05) is 11.8 Å². The second-order valence-electron chi connectivity index (χ2n) is 1.89. The molecule has 1 atom stereocenters. The highest BCUT2D eigenvalue weighted by Gasteiger charge is 2.27. The van der Waals surface area contributed by atoms with Crippen LogP contribution in [0, 0.1) is 0 Å². The van der Waals surface area contributed by atoms with Gasteiger partial charge in [-0.2, -0.15) is 0 Å². The summed E-state index contributed by atoms with van der Waals surface area (Å²) in [5, 5.41) is 0. The minimum absolute atomic E-state index is 0.0767. The van der Waals surface area contributed by atoms with Crippen molar-refractivity contribution in [3.8, 4) is 0 Å². The summed E-state index contributed by atoms with van der Waals surface area (Å²) in [5.41, 5.74) is 0. The van der Waals surface area contributed by atoms with E-state index in [9.17, 15) is 4.79 Å². The van der Waals surface area contributed by atoms with Crippen LogP contribution in [0.5, 0.6) is 0 Å². The lowest BCUT2D eigenvalue weighted by atomic mass is 10.1. The number of Topliss-reactive ketones (excluding diaryl/α,β-unsaturated/α-hetero) is 1. The van der Waals surface area contributed by atoms with E-state index in [-0.39, 0.29) is 17.5 Å². The number of ketones is 1. The van der Waals surface area contributed by atoms with Crippen LogP contribution >= 0.6 is 34.8 Å². The Labute approximate surface area is 69.3 Å². The Bertz CT molecular complexity index is 111. The van der Waals surface area contributed by atoms with Gasteiger partial charge >= 0.3 is 0 Å². The lowest BCUT2D eigenvalue weighted by Gasteiger charge is -2.13. The Hall–Kier alpha value is 0.540. The number of halogens is 3. The predicted octanol–water partition coefficient (Wildman–Crippen LogP) is 2.03. The topological polar surface area (TPSA) is 17.1 Å². The normalized spacial score (nSPS) is 16.9. The minimum atomic E-state index is -0.983. The Kier molecular flexibility index (Phi) is 3.86. The second-order valence-corrected chi connectivity index (χ2v) is 3.26. The van der Waals surface area contributed by atoms with Crippen LogP contribution in [-0.4, -0.2) is 22.4 Å². The summed E-state index contributed by atoms with van der Waals surface area (Å²) in [6.07, 6.45) is 0. The maximum absolute atomic E-state index is 10.7. The van der Waals surface area contributed by atoms with Gasteiger partial charge in [-0.25, -0.2) is 0 Å². The predicted molar refractivity (Wildman–Crippen MR) is 40.7 cm³/mol. The summed E-state index contributed by atoms with van der Waals surface area (Å²) < 4.78 is 0. The maximum Gasteiger partial charge on any atom is 0.169 e. The summed E-state index contributed by atoms with van der Waals surface area (Å²) in [4.78, 5) is 9.73. The van der Waals surface area contributed by atoms with Crippen molar-refractivity contribution in [1.82, 2.24) is 0 Å². The number of carbonyl (C=O) groups is 1. The van der Waals surface area contributed by atoms with Gasteiger partial charge in [-0.15, -0.1) is 34.8 Å². The van der Waals surface area contributed by atoms with Gasteiger partial charge in [0.25, 0.3) is 0 Å². The average Bonchev–Trinajstić information content (AvgIpc) is 1.86. The van der Waals surface area contributed by atoms with Crippen LogP contribution in [0.15, 0.2) is 0 Å². The SMILES string of the molecule is CC(Cl)(CCl)C(=O)CCl. The molecule has 0 saturated heterocycles. The highest BCUT2D eigenvalue weighted by atomic mass is 35.5. The van der Waals surface area contributed by atoms with Crippen molar-refractivity contribution in [2.24, 2.45) is 0 Å². The number of hydrogen-bond donors (Lipinski definition) is 0. The van der Waals surface area contributed by atoms with Gasteiger partial charge in [0, 0.05) is 5.88 Å². The molecule has 1 unspecified atom stereocenters. The van der Waals surface area contributed by atoms with Gasteiger partial charge < -0.3 is 0 Å². The van der Waals surface area contributed by atoms with Crippen molar-refractivity contribution in [1.29, 1.82) is 0 Å². The Morgan fingerprint density at radius 2 is 2.00 bits per heavy atom. The third-order valence-corrected chi connectivity index (χ3v) is 2.21. The van der Waals surface area contributed by atoms with Gasteiger partial charge in [-0.1, -0.05) is 0 Å². The quantitative estimate of drug-likeness (QED) is 0.621. The maximum atomic E-state index is 10.7. The van der Waals surface area contributed by atoms with Gasteiger partial charge in [0.05, 0.1) is 5.88 Å². The van der Waals surface area contributed by atoms with Gasteiger partial charge in [0.15, 0.2) is 5.78 Å². The molecule has 0 aliphatic carbocycles. The molecule has 0 bridgehead atoms. The van der Waals surface area contributed by atoms with Crippen molar-refractivity contribution in [2.45, 2.75) is 11.8 Å². The van der Waals surface area contributed by atoms with E-state index in [4.69, 9.17) is 34.8 Å². The molecule has 0 amide bonds. The van der Waals surface area contributed by atoms with Crippen molar-refractivity contribution in [3.05, 3.63) is 0 Å². The Morgan fingerprint density at radius 3 is 2.11 bits per heavy atom. The molecule has 0 aliphatic heterocycles. The summed E-state index contributed by atoms with van der Waals surface area (Å²) in [5.74, 6) is -0.215. The van der Waals surface area contributed by atoms with Gasteiger partial charge in [-0.3, -0.25) is 4.79 Å². The first-order valence-electron chi connectivity index (χ1n) is 2.38. The Balaban J connectivity index is 3.97. The molecule has 0 aromatic carbocycles. The van der Waals surface area contributed by atoms with Crippen LogP contribution in [0.2, 0.25) is 0 Å². The Morgan fingerprint density at radius 1 is 1.56 bits per heavy atom. The number of alkyl halides is 3. The third-order valence-electron chi connectivity index (χ3n) is 0.954. The molecule has 0 rings (SSSR count). The zero-order chi connectivity index (χ0) is 7.49. The summed E-state index contributed by atoms with van der Waals surface area (Å²) in [6.45, 7) is 1.55. The first-order chi connectivity index (χ1) is 4.04. The van der Waals surface area contributed by atoms with Gasteiger partial charge in [0.2, 0.25) is 0 Å². The molecule has 0 aromatic rings. The van der Waals surface area contributed by atoms with Crippen LogP contribution in [0.4, 0.5) is 0 Å². The summed E-state index contributed by atoms with van der Waals surface area (Å²) in [7, 11) is 0. The molecule has 54 valence electrons. The molecule has 0 saturated carbocycles. The standard InChI is InChI=1S/C5H7Cl3O/c1-5(8,3-7)4(9)2-6/h2-3H2,1H3. The van der Waals surface area contributed by atoms with E-state index in [1.54, 1.807) is 6.92 Å². The number of carbonyl (C=O) groups excluding carboxylic acids is 1. The van der Waals surface area contributed by atoms with E-state index in [0.29, 0.717) is 0 Å². The first-order valence-corrected chi connectivity index (χ1v) is 3.83. The summed E-state index contributed by atoms with van der Waals surface area (Å²) in [6, 6.07) is 0. The molecule has 9 heavy (non-hydrogen) atoms. The van der Waals surface area contributed by atoms with E-state index in [2.05, 4.69) is 0 Å². The van der Waals surface area contributed by atoms with Gasteiger partial charge in [-0.05, 0) is 6.92 Å². The first kappa shape index (κ1) is 9.54. The van der Waals surface area contributed by atoms with Crippen LogP contribution in [0.3, 0.4) is 0 Å². The van der Waals surface area contributed by atoms with E-state index >= 15 is 0 Å². The molecule has 0 fully saturated rings. The molecule has 0 N–H and O–H groups in total. The molecule has 0 spiro atoms. The fourth-order valence-electron chi connectivity index (χ4n) is 0.214.